The average Bonchev–Trinajstić information content (AvgIpc) is 3.59. The molecule has 14 heteroatoms. The number of allylic oxidation sites excluding steroid dienone is 1. The van der Waals surface area contributed by atoms with Crippen LogP contribution in [-0.4, -0.2) is 84.9 Å². The third-order valence-corrected chi connectivity index (χ3v) is 9.85. The van der Waals surface area contributed by atoms with Crippen molar-refractivity contribution in [3.8, 4) is 0 Å². The van der Waals surface area contributed by atoms with E-state index in [2.05, 4.69) is 53.4 Å². The second kappa shape index (κ2) is 31.1. The summed E-state index contributed by atoms with van der Waals surface area (Å²) in [6.07, 6.45) is 7.16. The highest BCUT2D eigenvalue weighted by molar-refractivity contribution is 8.16. The number of carbonyl (C=O) groups excluding carboxylic acids is 5. The van der Waals surface area contributed by atoms with E-state index >= 15 is 0 Å². The van der Waals surface area contributed by atoms with Crippen molar-refractivity contribution in [3.63, 3.8) is 0 Å². The maximum Gasteiger partial charge on any atom is 0.407 e. The van der Waals surface area contributed by atoms with Crippen molar-refractivity contribution < 1.29 is 38.6 Å². The number of aliphatic hydroxyl groups excluding tert-OH is 1. The summed E-state index contributed by atoms with van der Waals surface area (Å²) >= 11 is 1.40. The van der Waals surface area contributed by atoms with Gasteiger partial charge in [0.25, 0.3) is 0 Å². The summed E-state index contributed by atoms with van der Waals surface area (Å²) < 4.78 is 9.73. The quantitative estimate of drug-likeness (QED) is 0.0637. The lowest BCUT2D eigenvalue weighted by Crippen LogP contribution is -2.45. The van der Waals surface area contributed by atoms with Crippen molar-refractivity contribution in [3.05, 3.63) is 11.5 Å². The van der Waals surface area contributed by atoms with Gasteiger partial charge in [0.15, 0.2) is 0 Å². The number of ether oxygens (including phenoxy) is 2. The van der Waals surface area contributed by atoms with Gasteiger partial charge in [-0.1, -0.05) is 80.2 Å². The topological polar surface area (TPSA) is 199 Å². The van der Waals surface area contributed by atoms with E-state index in [0.29, 0.717) is 42.8 Å². The summed E-state index contributed by atoms with van der Waals surface area (Å²) in [5, 5.41) is 21.5. The van der Waals surface area contributed by atoms with Gasteiger partial charge in [-0.15, -0.1) is 0 Å². The Hall–Kier alpha value is -3.13. The normalized spacial score (nSPS) is 16.0. The summed E-state index contributed by atoms with van der Waals surface area (Å²) in [5.41, 5.74) is 4.78. The molecule has 0 saturated heterocycles. The van der Waals surface area contributed by atoms with E-state index in [1.807, 2.05) is 46.1 Å². The van der Waals surface area contributed by atoms with E-state index in [9.17, 15) is 29.1 Å². The van der Waals surface area contributed by atoms with Crippen molar-refractivity contribution in [2.75, 3.05) is 26.7 Å². The molecular formula is C40H75N5O8S. The Balaban J connectivity index is 0. The zero-order chi connectivity index (χ0) is 41.8. The average molecular weight is 786 g/mol. The lowest BCUT2D eigenvalue weighted by atomic mass is 9.88. The van der Waals surface area contributed by atoms with Gasteiger partial charge < -0.3 is 36.3 Å². The molecular weight excluding hydrogens is 711 g/mol. The minimum Gasteiger partial charge on any atom is -0.446 e. The predicted octanol–water partition coefficient (Wildman–Crippen LogP) is 7.01. The molecule has 4 amide bonds. The van der Waals surface area contributed by atoms with Gasteiger partial charge in [-0.05, 0) is 87.9 Å². The number of aliphatic hydroxyl groups is 1. The van der Waals surface area contributed by atoms with E-state index in [0.717, 1.165) is 38.5 Å². The molecule has 6 N–H and O–H groups in total. The molecule has 0 heterocycles. The second-order valence-electron chi connectivity index (χ2n) is 15.4. The maximum absolute atomic E-state index is 12.6. The standard InChI is InChI=1S/C22H44N2O3.C11H19NO3.C7H12N2O2S/c1-14(2)9-10-23-21(26)13-19(16(5)6)24-22(27)18(8)12-20(25)17(7)11-15(3)4;1-8(9(2)13)7-12-11(14)15-10-5-3-4-6-10;1-3-4-12-6(9-2)5-11-7(8)10/h14-20,25H,9-13H2,1-8H3,(H,23,26)(H,24,27);8,10H,3-7H2,1-2H3,(H,12,14);3-4H,5H2,1-2H3,(H2,8,10)/b;;4-3+,9-6?/t17-,18?,19+,20?;;/m0../s1. The van der Waals surface area contributed by atoms with Crippen molar-refractivity contribution in [1.29, 1.82) is 0 Å². The van der Waals surface area contributed by atoms with Gasteiger partial charge in [0.2, 0.25) is 11.8 Å². The highest BCUT2D eigenvalue weighted by Gasteiger charge is 2.26. The Morgan fingerprint density at radius 1 is 0.926 bits per heavy atom. The maximum atomic E-state index is 12.6. The van der Waals surface area contributed by atoms with Crippen LogP contribution in [0.5, 0.6) is 0 Å². The number of rotatable bonds is 20. The molecule has 5 atom stereocenters. The first-order valence-electron chi connectivity index (χ1n) is 19.6. The summed E-state index contributed by atoms with van der Waals surface area (Å²) in [6, 6.07) is -0.191. The van der Waals surface area contributed by atoms with Gasteiger partial charge in [0.05, 0.1) is 6.10 Å². The van der Waals surface area contributed by atoms with Gasteiger partial charge in [-0.2, -0.15) is 0 Å². The number of alkyl carbamates (subject to hydrolysis) is 1. The monoisotopic (exact) mass is 786 g/mol. The van der Waals surface area contributed by atoms with Crippen LogP contribution in [0.3, 0.4) is 0 Å². The summed E-state index contributed by atoms with van der Waals surface area (Å²) in [5.74, 6) is 0.980. The van der Waals surface area contributed by atoms with E-state index in [-0.39, 0.29) is 60.0 Å². The molecule has 0 aromatic heterocycles. The second-order valence-corrected chi connectivity index (χ2v) is 16.4. The fourth-order valence-electron chi connectivity index (χ4n) is 5.16. The number of nitrogens with two attached hydrogens (primary N) is 1. The number of nitrogens with zero attached hydrogens (tertiary/aromatic N) is 1. The Kier molecular flexibility index (Phi) is 30.5. The minimum absolute atomic E-state index is 0.0205. The van der Waals surface area contributed by atoms with Crippen LogP contribution in [0.1, 0.15) is 128 Å². The number of hydrogen-bond acceptors (Lipinski definition) is 10. The van der Waals surface area contributed by atoms with Gasteiger partial charge >= 0.3 is 12.2 Å². The Morgan fingerprint density at radius 3 is 2.02 bits per heavy atom. The molecule has 1 rings (SSSR count). The zero-order valence-corrected chi connectivity index (χ0v) is 36.2. The van der Waals surface area contributed by atoms with Gasteiger partial charge in [-0.3, -0.25) is 19.4 Å². The lowest BCUT2D eigenvalue weighted by Gasteiger charge is -2.26. The Labute approximate surface area is 330 Å². The Bertz CT molecular complexity index is 1140. The number of aliphatic imine (C=N–C) groups is 1. The number of Topliss-reactive ketones (excluding diaryl/α,β-unsaturated/α-hetero) is 1. The molecule has 314 valence electrons. The third kappa shape index (κ3) is 29.3. The first-order chi connectivity index (χ1) is 25.2. The van der Waals surface area contributed by atoms with Crippen LogP contribution in [0.15, 0.2) is 16.5 Å². The van der Waals surface area contributed by atoms with Crippen molar-refractivity contribution >= 4 is 46.6 Å². The summed E-state index contributed by atoms with van der Waals surface area (Å²) in [4.78, 5) is 61.0. The largest absolute Gasteiger partial charge is 0.446 e. The number of nitrogens with one attached hydrogen (secondary N) is 3. The van der Waals surface area contributed by atoms with Gasteiger partial charge in [-0.25, -0.2) is 9.59 Å². The van der Waals surface area contributed by atoms with Crippen molar-refractivity contribution in [2.45, 2.75) is 146 Å². The molecule has 0 spiro atoms. The lowest BCUT2D eigenvalue weighted by molar-refractivity contribution is -0.127. The van der Waals surface area contributed by atoms with E-state index in [4.69, 9.17) is 10.5 Å². The molecule has 3 unspecified atom stereocenters. The van der Waals surface area contributed by atoms with Crippen LogP contribution >= 0.6 is 11.8 Å². The highest BCUT2D eigenvalue weighted by Crippen LogP contribution is 2.22. The number of carbonyl (C=O) groups is 5. The van der Waals surface area contributed by atoms with Gasteiger partial charge in [0, 0.05) is 44.4 Å². The van der Waals surface area contributed by atoms with E-state index < -0.39 is 18.3 Å². The number of hydrogen-bond donors (Lipinski definition) is 5. The first-order valence-corrected chi connectivity index (χ1v) is 20.5. The van der Waals surface area contributed by atoms with Crippen molar-refractivity contribution in [2.24, 2.45) is 46.2 Å². The zero-order valence-electron chi connectivity index (χ0n) is 35.4. The van der Waals surface area contributed by atoms with Crippen LogP contribution in [-0.2, 0) is 23.9 Å². The molecule has 1 aliphatic carbocycles. The third-order valence-electron chi connectivity index (χ3n) is 8.87. The first kappa shape index (κ1) is 53.0. The highest BCUT2D eigenvalue weighted by atomic mass is 32.2. The number of ketones is 1. The van der Waals surface area contributed by atoms with Crippen LogP contribution in [0, 0.1) is 35.5 Å². The molecule has 0 aromatic carbocycles. The van der Waals surface area contributed by atoms with Crippen molar-refractivity contribution in [1.82, 2.24) is 16.0 Å². The SMILES string of the molecule is C/C=C/SC(COC(N)=O)=NC.CC(=O)C(C)CNC(=O)OC1CCCC1.CC(C)CCNC(=O)C[C@@H](NC(=O)C(C)CC(O)[C@@H](C)CC(C)C)C(C)C. The summed E-state index contributed by atoms with van der Waals surface area (Å²) in [6.45, 7) is 22.8. The number of amides is 4. The van der Waals surface area contributed by atoms with Crippen LogP contribution in [0.25, 0.3) is 0 Å². The molecule has 0 aliphatic heterocycles. The fourth-order valence-corrected chi connectivity index (χ4v) is 5.69. The smallest absolute Gasteiger partial charge is 0.407 e. The van der Waals surface area contributed by atoms with Crippen LogP contribution in [0.2, 0.25) is 0 Å². The molecule has 13 nitrogen and oxygen atoms in total. The van der Waals surface area contributed by atoms with Gasteiger partial charge in [0.1, 0.15) is 23.5 Å². The van der Waals surface area contributed by atoms with E-state index in [1.54, 1.807) is 14.0 Å². The Morgan fingerprint density at radius 2 is 1.54 bits per heavy atom. The minimum atomic E-state index is -0.780. The predicted molar refractivity (Wildman–Crippen MR) is 220 cm³/mol. The van der Waals surface area contributed by atoms with Crippen LogP contribution in [0.4, 0.5) is 9.59 Å². The summed E-state index contributed by atoms with van der Waals surface area (Å²) in [7, 11) is 1.64. The number of primary amides is 1. The molecule has 0 bridgehead atoms. The molecule has 1 saturated carbocycles. The molecule has 1 fully saturated rings. The molecule has 0 aromatic rings. The molecule has 54 heavy (non-hydrogen) atoms. The number of thioether (sulfide) groups is 1. The van der Waals surface area contributed by atoms with Crippen LogP contribution < -0.4 is 21.7 Å². The molecule has 0 radical (unpaired) electrons. The fraction of sp³-hybridized carbons (Fsp3) is 0.800. The van der Waals surface area contributed by atoms with E-state index in [1.165, 1.54) is 18.7 Å². The molecule has 1 aliphatic rings.